The molecular weight excluding hydrogens is 438 g/mol. The Morgan fingerprint density at radius 1 is 1.10 bits per heavy atom. The largest absolute Gasteiger partial charge is 0.345 e. The molecule has 1 aliphatic heterocycles. The van der Waals surface area contributed by atoms with Crippen LogP contribution in [-0.4, -0.2) is 56.1 Å². The Morgan fingerprint density at radius 2 is 1.84 bits per heavy atom. The van der Waals surface area contributed by atoms with Crippen molar-refractivity contribution in [1.29, 1.82) is 0 Å². The van der Waals surface area contributed by atoms with Crippen molar-refractivity contribution in [2.75, 3.05) is 26.0 Å². The molecule has 0 radical (unpaired) electrons. The van der Waals surface area contributed by atoms with Gasteiger partial charge >= 0.3 is 0 Å². The van der Waals surface area contributed by atoms with E-state index in [1.54, 1.807) is 26.2 Å². The summed E-state index contributed by atoms with van der Waals surface area (Å²) in [6, 6.07) is 10.5. The number of halogens is 1. The first kappa shape index (κ1) is 23.2. The van der Waals surface area contributed by atoms with Gasteiger partial charge in [0, 0.05) is 37.8 Å². The monoisotopic (exact) mass is 463 g/mol. The van der Waals surface area contributed by atoms with Gasteiger partial charge in [0.2, 0.25) is 10.0 Å². The maximum Gasteiger partial charge on any atom is 0.255 e. The number of carbonyl (C=O) groups is 2. The molecule has 2 aromatic rings. The zero-order valence-electron chi connectivity index (χ0n) is 17.8. The van der Waals surface area contributed by atoms with Crippen molar-refractivity contribution in [3.8, 4) is 0 Å². The summed E-state index contributed by atoms with van der Waals surface area (Å²) in [5, 5.41) is 2.95. The fourth-order valence-corrected chi connectivity index (χ4v) is 5.48. The lowest BCUT2D eigenvalue weighted by atomic mass is 10.1. The van der Waals surface area contributed by atoms with Gasteiger partial charge in [-0.15, -0.1) is 0 Å². The number of nitrogens with one attached hydrogen (secondary N) is 1. The Bertz CT molecular complexity index is 1100. The zero-order chi connectivity index (χ0) is 22.8. The van der Waals surface area contributed by atoms with Gasteiger partial charge in [-0.2, -0.15) is 4.31 Å². The van der Waals surface area contributed by atoms with Crippen molar-refractivity contribution in [3.05, 3.63) is 58.6 Å². The molecule has 0 aliphatic carbocycles. The van der Waals surface area contributed by atoms with E-state index in [9.17, 15) is 18.0 Å². The molecule has 1 N–H and O–H groups in total. The fraction of sp³-hybridized carbons (Fsp3) is 0.364. The number of sulfonamides is 1. The van der Waals surface area contributed by atoms with Gasteiger partial charge in [0.25, 0.3) is 11.8 Å². The SMILES string of the molecule is CC1CCCCN1S(=O)(=O)c1cccc(C(=O)Nc2cc(C(=O)N(C)C)ccc2Cl)c1. The van der Waals surface area contributed by atoms with Gasteiger partial charge in [-0.3, -0.25) is 9.59 Å². The van der Waals surface area contributed by atoms with E-state index in [4.69, 9.17) is 11.6 Å². The van der Waals surface area contributed by atoms with Crippen molar-refractivity contribution in [3.63, 3.8) is 0 Å². The van der Waals surface area contributed by atoms with Crippen LogP contribution in [-0.2, 0) is 10.0 Å². The van der Waals surface area contributed by atoms with Crippen LogP contribution in [0.2, 0.25) is 5.02 Å². The molecule has 166 valence electrons. The second kappa shape index (κ2) is 9.38. The average molecular weight is 464 g/mol. The minimum atomic E-state index is -3.70. The molecule has 9 heteroatoms. The first-order valence-electron chi connectivity index (χ1n) is 10.1. The molecule has 31 heavy (non-hydrogen) atoms. The fourth-order valence-electron chi connectivity index (χ4n) is 3.57. The predicted octanol–water partition coefficient (Wildman–Crippen LogP) is 3.86. The van der Waals surface area contributed by atoms with Crippen LogP contribution in [0.4, 0.5) is 5.69 Å². The van der Waals surface area contributed by atoms with E-state index in [0.29, 0.717) is 12.1 Å². The maximum atomic E-state index is 13.1. The predicted molar refractivity (Wildman–Crippen MR) is 121 cm³/mol. The molecule has 2 amide bonds. The van der Waals surface area contributed by atoms with Gasteiger partial charge in [-0.25, -0.2) is 8.42 Å². The molecule has 0 aromatic heterocycles. The minimum Gasteiger partial charge on any atom is -0.345 e. The van der Waals surface area contributed by atoms with Gasteiger partial charge in [-0.1, -0.05) is 24.1 Å². The van der Waals surface area contributed by atoms with E-state index < -0.39 is 15.9 Å². The van der Waals surface area contributed by atoms with Crippen LogP contribution in [0.15, 0.2) is 47.4 Å². The van der Waals surface area contributed by atoms with E-state index >= 15 is 0 Å². The summed E-state index contributed by atoms with van der Waals surface area (Å²) in [7, 11) is -0.440. The lowest BCUT2D eigenvalue weighted by molar-refractivity contribution is 0.0827. The van der Waals surface area contributed by atoms with E-state index in [1.807, 2.05) is 6.92 Å². The summed E-state index contributed by atoms with van der Waals surface area (Å²) >= 11 is 6.19. The van der Waals surface area contributed by atoms with Gasteiger partial charge in [0.05, 0.1) is 15.6 Å². The van der Waals surface area contributed by atoms with Gasteiger partial charge in [0.15, 0.2) is 0 Å². The van der Waals surface area contributed by atoms with E-state index in [-0.39, 0.29) is 33.1 Å². The molecule has 0 bridgehead atoms. The highest BCUT2D eigenvalue weighted by Crippen LogP contribution is 2.27. The maximum absolute atomic E-state index is 13.1. The van der Waals surface area contributed by atoms with Gasteiger partial charge in [0.1, 0.15) is 0 Å². The van der Waals surface area contributed by atoms with Crippen LogP contribution in [0.3, 0.4) is 0 Å². The zero-order valence-corrected chi connectivity index (χ0v) is 19.3. The third kappa shape index (κ3) is 5.08. The molecule has 1 heterocycles. The van der Waals surface area contributed by atoms with E-state index in [2.05, 4.69) is 5.32 Å². The van der Waals surface area contributed by atoms with Crippen LogP contribution >= 0.6 is 11.6 Å². The lowest BCUT2D eigenvalue weighted by Crippen LogP contribution is -2.41. The van der Waals surface area contributed by atoms with Gasteiger partial charge < -0.3 is 10.2 Å². The number of hydrogen-bond acceptors (Lipinski definition) is 4. The summed E-state index contributed by atoms with van der Waals surface area (Å²) in [5.74, 6) is -0.740. The second-order valence-corrected chi connectivity index (χ2v) is 10.1. The number of hydrogen-bond donors (Lipinski definition) is 1. The Hall–Kier alpha value is -2.42. The highest BCUT2D eigenvalue weighted by molar-refractivity contribution is 7.89. The Labute approximate surface area is 188 Å². The molecule has 0 saturated carbocycles. The standard InChI is InChI=1S/C22H26ClN3O4S/c1-15-7-4-5-12-26(15)31(29,30)18-9-6-8-16(13-18)21(27)24-20-14-17(10-11-19(20)23)22(28)25(2)3/h6,8-11,13-15H,4-5,7,12H2,1-3H3,(H,24,27). The summed E-state index contributed by atoms with van der Waals surface area (Å²) < 4.78 is 27.7. The first-order chi connectivity index (χ1) is 14.6. The van der Waals surface area contributed by atoms with Crippen molar-refractivity contribution in [2.24, 2.45) is 0 Å². The van der Waals surface area contributed by atoms with Gasteiger partial charge in [-0.05, 0) is 56.2 Å². The number of nitrogens with zero attached hydrogens (tertiary/aromatic N) is 2. The van der Waals surface area contributed by atoms with Crippen molar-refractivity contribution in [2.45, 2.75) is 37.1 Å². The Kier molecular flexibility index (Phi) is 7.03. The third-order valence-corrected chi connectivity index (χ3v) is 7.65. The number of benzene rings is 2. The molecular formula is C22H26ClN3O4S. The number of carbonyl (C=O) groups excluding carboxylic acids is 2. The summed E-state index contributed by atoms with van der Waals surface area (Å²) in [5.41, 5.74) is 0.837. The highest BCUT2D eigenvalue weighted by Gasteiger charge is 2.31. The Balaban J connectivity index is 1.86. The number of amides is 2. The average Bonchev–Trinajstić information content (AvgIpc) is 2.75. The molecule has 7 nitrogen and oxygen atoms in total. The smallest absolute Gasteiger partial charge is 0.255 e. The molecule has 1 saturated heterocycles. The van der Waals surface area contributed by atoms with Crippen LogP contribution in [0.25, 0.3) is 0 Å². The molecule has 1 fully saturated rings. The Morgan fingerprint density at radius 3 is 2.52 bits per heavy atom. The highest BCUT2D eigenvalue weighted by atomic mass is 35.5. The van der Waals surface area contributed by atoms with Crippen LogP contribution in [0, 0.1) is 0 Å². The second-order valence-electron chi connectivity index (χ2n) is 7.84. The van der Waals surface area contributed by atoms with E-state index in [0.717, 1.165) is 19.3 Å². The van der Waals surface area contributed by atoms with Crippen LogP contribution in [0.1, 0.15) is 46.9 Å². The van der Waals surface area contributed by atoms with Crippen LogP contribution in [0.5, 0.6) is 0 Å². The van der Waals surface area contributed by atoms with Crippen molar-refractivity contribution in [1.82, 2.24) is 9.21 Å². The molecule has 1 atom stereocenters. The normalized spacial score (nSPS) is 17.2. The molecule has 3 rings (SSSR count). The summed E-state index contributed by atoms with van der Waals surface area (Å²) in [6.45, 7) is 2.37. The van der Waals surface area contributed by atoms with Crippen molar-refractivity contribution >= 4 is 39.1 Å². The topological polar surface area (TPSA) is 86.8 Å². The molecule has 2 aromatic carbocycles. The third-order valence-electron chi connectivity index (χ3n) is 5.31. The number of anilines is 1. The van der Waals surface area contributed by atoms with E-state index in [1.165, 1.54) is 39.5 Å². The first-order valence-corrected chi connectivity index (χ1v) is 11.9. The summed E-state index contributed by atoms with van der Waals surface area (Å²) in [4.78, 5) is 26.5. The quantitative estimate of drug-likeness (QED) is 0.729. The van der Waals surface area contributed by atoms with Crippen molar-refractivity contribution < 1.29 is 18.0 Å². The molecule has 1 aliphatic rings. The lowest BCUT2D eigenvalue weighted by Gasteiger charge is -2.32. The number of rotatable bonds is 5. The minimum absolute atomic E-state index is 0.0768. The molecule has 1 unspecified atom stereocenters. The molecule has 0 spiro atoms. The number of piperidine rings is 1. The van der Waals surface area contributed by atoms with Crippen LogP contribution < -0.4 is 5.32 Å². The summed E-state index contributed by atoms with van der Waals surface area (Å²) in [6.07, 6.45) is 2.65.